The van der Waals surface area contributed by atoms with E-state index >= 15 is 0 Å². The van der Waals surface area contributed by atoms with Crippen LogP contribution in [0.25, 0.3) is 0 Å². The van der Waals surface area contributed by atoms with Crippen LogP contribution in [-0.4, -0.2) is 22.5 Å². The minimum atomic E-state index is -0.587. The molecule has 4 aliphatic rings. The lowest BCUT2D eigenvalue weighted by Gasteiger charge is -2.41. The number of Topliss-reactive ketones (excluding diaryl/α,β-unsaturated/α-hetero) is 1. The van der Waals surface area contributed by atoms with E-state index in [4.69, 9.17) is 0 Å². The van der Waals surface area contributed by atoms with Gasteiger partial charge in [0.05, 0.1) is 22.4 Å². The molecule has 3 aliphatic carbocycles. The van der Waals surface area contributed by atoms with E-state index in [0.29, 0.717) is 30.5 Å². The van der Waals surface area contributed by atoms with Crippen molar-refractivity contribution in [2.45, 2.75) is 32.6 Å². The maximum Gasteiger partial charge on any atom is 0.271 e. The highest BCUT2D eigenvalue weighted by atomic mass is 16.6. The Kier molecular flexibility index (Phi) is 3.49. The van der Waals surface area contributed by atoms with Crippen molar-refractivity contribution in [2.75, 3.05) is 4.90 Å². The maximum atomic E-state index is 13.0. The molecule has 3 saturated carbocycles. The van der Waals surface area contributed by atoms with Crippen molar-refractivity contribution >= 4 is 29.0 Å². The number of nitrogens with zero attached hydrogens (tertiary/aromatic N) is 2. The molecule has 0 N–H and O–H groups in total. The van der Waals surface area contributed by atoms with Crippen LogP contribution in [0.5, 0.6) is 0 Å². The van der Waals surface area contributed by atoms with Crippen LogP contribution in [-0.2, 0) is 20.8 Å². The highest BCUT2D eigenvalue weighted by Crippen LogP contribution is 2.52. The molecule has 130 valence electrons. The summed E-state index contributed by atoms with van der Waals surface area (Å²) in [5.41, 5.74) is 0.860. The van der Waals surface area contributed by atoms with Gasteiger partial charge in [-0.15, -0.1) is 0 Å². The van der Waals surface area contributed by atoms with Crippen molar-refractivity contribution in [3.8, 4) is 0 Å². The number of carbonyl (C=O) groups is 3. The van der Waals surface area contributed by atoms with Gasteiger partial charge in [-0.1, -0.05) is 13.0 Å². The quantitative estimate of drug-likeness (QED) is 0.477. The number of rotatable bonds is 3. The Balaban J connectivity index is 1.81. The van der Waals surface area contributed by atoms with E-state index in [1.54, 1.807) is 6.07 Å². The summed E-state index contributed by atoms with van der Waals surface area (Å²) in [7, 11) is 0. The third-order valence-corrected chi connectivity index (χ3v) is 5.97. The normalized spacial score (nSPS) is 30.8. The molecule has 0 spiro atoms. The Morgan fingerprint density at radius 1 is 1.16 bits per heavy atom. The van der Waals surface area contributed by atoms with Gasteiger partial charge in [-0.3, -0.25) is 24.5 Å². The number of non-ortho nitro benzene ring substituents is 1. The molecule has 4 unspecified atom stereocenters. The highest BCUT2D eigenvalue weighted by Gasteiger charge is 2.61. The Morgan fingerprint density at radius 2 is 1.88 bits per heavy atom. The van der Waals surface area contributed by atoms with Gasteiger partial charge in [0, 0.05) is 24.5 Å². The van der Waals surface area contributed by atoms with Gasteiger partial charge >= 0.3 is 0 Å². The van der Waals surface area contributed by atoms with Crippen molar-refractivity contribution in [1.82, 2.24) is 0 Å². The summed E-state index contributed by atoms with van der Waals surface area (Å²) in [5, 5.41) is 11.1. The fraction of sp³-hybridized carbons (Fsp3) is 0.500. The molecule has 0 radical (unpaired) electrons. The molecule has 1 aromatic carbocycles. The van der Waals surface area contributed by atoms with E-state index in [1.165, 1.54) is 12.1 Å². The van der Waals surface area contributed by atoms with Crippen molar-refractivity contribution < 1.29 is 19.3 Å². The topological polar surface area (TPSA) is 97.6 Å². The van der Waals surface area contributed by atoms with E-state index in [0.717, 1.165) is 11.3 Å². The number of aryl methyl sites for hydroxylation is 1. The van der Waals surface area contributed by atoms with Crippen molar-refractivity contribution in [3.63, 3.8) is 0 Å². The predicted molar refractivity (Wildman–Crippen MR) is 87.8 cm³/mol. The standard InChI is InChI=1S/C18H18N2O5/c1-2-9-3-5-11(20(24)25)8-13(9)19-17(22)15-10-4-6-12(14(21)7-10)16(15)18(19)23/h3,5,8,10,12,15-16H,2,4,6-7H2,1H3. The minimum Gasteiger partial charge on any atom is -0.299 e. The number of carbonyl (C=O) groups excluding carboxylic acids is 3. The molecule has 5 rings (SSSR count). The largest absolute Gasteiger partial charge is 0.299 e. The summed E-state index contributed by atoms with van der Waals surface area (Å²) >= 11 is 0. The van der Waals surface area contributed by atoms with Gasteiger partial charge in [-0.05, 0) is 30.7 Å². The average molecular weight is 342 g/mol. The molecular weight excluding hydrogens is 324 g/mol. The molecule has 2 amide bonds. The molecule has 1 aliphatic heterocycles. The maximum absolute atomic E-state index is 13.0. The fourth-order valence-corrected chi connectivity index (χ4v) is 4.79. The summed E-state index contributed by atoms with van der Waals surface area (Å²) in [6.45, 7) is 1.87. The second-order valence-corrected chi connectivity index (χ2v) is 7.10. The molecule has 2 bridgehead atoms. The van der Waals surface area contributed by atoms with E-state index in [9.17, 15) is 24.5 Å². The number of imide groups is 1. The number of hydrogen-bond donors (Lipinski definition) is 0. The van der Waals surface area contributed by atoms with E-state index in [2.05, 4.69) is 0 Å². The number of ketones is 1. The van der Waals surface area contributed by atoms with E-state index < -0.39 is 16.8 Å². The summed E-state index contributed by atoms with van der Waals surface area (Å²) < 4.78 is 0. The number of benzene rings is 1. The van der Waals surface area contributed by atoms with Crippen LogP contribution in [0, 0.1) is 33.8 Å². The van der Waals surface area contributed by atoms with Crippen molar-refractivity contribution in [1.29, 1.82) is 0 Å². The minimum absolute atomic E-state index is 0.0762. The number of fused-ring (bicyclic) bond motifs is 2. The lowest BCUT2D eigenvalue weighted by atomic mass is 9.59. The number of nitro groups is 1. The first-order valence-corrected chi connectivity index (χ1v) is 8.61. The van der Waals surface area contributed by atoms with Gasteiger partial charge in [0.15, 0.2) is 0 Å². The highest BCUT2D eigenvalue weighted by molar-refractivity contribution is 6.24. The van der Waals surface area contributed by atoms with Gasteiger partial charge in [0.25, 0.3) is 5.69 Å². The molecule has 1 aromatic rings. The first kappa shape index (κ1) is 15.9. The van der Waals surface area contributed by atoms with Crippen molar-refractivity contribution in [2.24, 2.45) is 23.7 Å². The lowest BCUT2D eigenvalue weighted by molar-refractivity contribution is -0.384. The fourth-order valence-electron chi connectivity index (χ4n) is 4.79. The van der Waals surface area contributed by atoms with Gasteiger partial charge in [-0.25, -0.2) is 4.90 Å². The van der Waals surface area contributed by atoms with Crippen LogP contribution in [0.4, 0.5) is 11.4 Å². The number of anilines is 1. The van der Waals surface area contributed by atoms with Crippen LogP contribution >= 0.6 is 0 Å². The molecule has 4 fully saturated rings. The smallest absolute Gasteiger partial charge is 0.271 e. The lowest BCUT2D eigenvalue weighted by Crippen LogP contribution is -2.46. The number of nitro benzene ring substituents is 1. The van der Waals surface area contributed by atoms with Crippen LogP contribution in [0.2, 0.25) is 0 Å². The predicted octanol–water partition coefficient (Wildman–Crippen LogP) is 2.26. The van der Waals surface area contributed by atoms with Gasteiger partial charge in [0.1, 0.15) is 5.78 Å². The Bertz CT molecular complexity index is 818. The Labute approximate surface area is 144 Å². The Hall–Kier alpha value is -2.57. The summed E-state index contributed by atoms with van der Waals surface area (Å²) in [6.07, 6.45) is 2.37. The molecular formula is C18H18N2O5. The molecule has 4 atom stereocenters. The Morgan fingerprint density at radius 3 is 2.52 bits per heavy atom. The van der Waals surface area contributed by atoms with E-state index in [-0.39, 0.29) is 35.1 Å². The second-order valence-electron chi connectivity index (χ2n) is 7.10. The number of hydrogen-bond acceptors (Lipinski definition) is 5. The molecule has 7 nitrogen and oxygen atoms in total. The molecule has 25 heavy (non-hydrogen) atoms. The molecule has 0 aromatic heterocycles. The van der Waals surface area contributed by atoms with Crippen molar-refractivity contribution in [3.05, 3.63) is 33.9 Å². The van der Waals surface area contributed by atoms with Gasteiger partial charge < -0.3 is 0 Å². The number of amides is 2. The zero-order valence-corrected chi connectivity index (χ0v) is 13.8. The molecule has 7 heteroatoms. The first-order chi connectivity index (χ1) is 11.9. The zero-order valence-electron chi connectivity index (χ0n) is 13.8. The third-order valence-electron chi connectivity index (χ3n) is 5.97. The summed E-state index contributed by atoms with van der Waals surface area (Å²) in [6, 6.07) is 4.28. The average Bonchev–Trinajstić information content (AvgIpc) is 2.87. The second kappa shape index (κ2) is 5.47. The van der Waals surface area contributed by atoms with Crippen LogP contribution in [0.1, 0.15) is 31.7 Å². The SMILES string of the molecule is CCc1ccc([N+](=O)[O-])cc1N1C(=O)C2C3CCC(C(=O)C3)C2C1=O. The van der Waals surface area contributed by atoms with Gasteiger partial charge in [-0.2, -0.15) is 0 Å². The summed E-state index contributed by atoms with van der Waals surface area (Å²) in [4.78, 5) is 49.9. The third kappa shape index (κ3) is 2.14. The summed E-state index contributed by atoms with van der Waals surface area (Å²) in [5.74, 6) is -2.08. The molecule has 1 saturated heterocycles. The van der Waals surface area contributed by atoms with Crippen LogP contribution in [0.3, 0.4) is 0 Å². The van der Waals surface area contributed by atoms with E-state index in [1.807, 2.05) is 6.92 Å². The van der Waals surface area contributed by atoms with Gasteiger partial charge in [0.2, 0.25) is 11.8 Å². The molecule has 1 heterocycles. The van der Waals surface area contributed by atoms with Crippen LogP contribution in [0.15, 0.2) is 18.2 Å². The first-order valence-electron chi connectivity index (χ1n) is 8.61. The monoisotopic (exact) mass is 342 g/mol. The van der Waals surface area contributed by atoms with Crippen LogP contribution < -0.4 is 4.90 Å². The zero-order chi connectivity index (χ0) is 17.9.